The zero-order valence-electron chi connectivity index (χ0n) is 28.5. The second-order valence-electron chi connectivity index (χ2n) is 13.9. The van der Waals surface area contributed by atoms with Gasteiger partial charge in [0.05, 0.1) is 30.8 Å². The van der Waals surface area contributed by atoms with Gasteiger partial charge in [-0.3, -0.25) is 4.79 Å². The number of rotatable bonds is 18. The number of carbonyl (C=O) groups excluding carboxylic acids is 1. The number of benzene rings is 2. The van der Waals surface area contributed by atoms with Gasteiger partial charge in [0.15, 0.2) is 0 Å². The van der Waals surface area contributed by atoms with Gasteiger partial charge in [0.25, 0.3) is 0 Å². The minimum Gasteiger partial charge on any atom is -0.462 e. The molecule has 276 valence electrons. The summed E-state index contributed by atoms with van der Waals surface area (Å²) in [5.74, 6) is 0.639. The number of ether oxygens (including phenoxy) is 1. The molecule has 0 amide bonds. The molecule has 2 aromatic rings. The SMILES string of the molecule is O=C1C[C@@H]2[C@@H](CC[C@H](CCc3ccccc3)OP)[C@H](OB(P)P)C[C@@H]2O1.OCC[C@@H]1[C@@H](CC[C@H](CCc2ccccc2)OP)[C@H](O)C[C@@H]1O.[3HH].[3HH]. The summed E-state index contributed by atoms with van der Waals surface area (Å²) in [6, 6.07) is 20.8. The second kappa shape index (κ2) is 21.9. The molecule has 1 saturated heterocycles. The van der Waals surface area contributed by atoms with E-state index in [9.17, 15) is 15.0 Å². The first-order chi connectivity index (χ1) is 23.7. The molecule has 3 fully saturated rings. The van der Waals surface area contributed by atoms with E-state index in [-0.39, 0.29) is 58.0 Å². The normalized spacial score (nSPS) is 28.8. The zero-order valence-corrected chi connectivity index (χ0v) is 33.1. The van der Waals surface area contributed by atoms with Crippen molar-refractivity contribution in [2.45, 2.75) is 114 Å². The van der Waals surface area contributed by atoms with Gasteiger partial charge in [0.2, 0.25) is 0 Å². The molecule has 49 heavy (non-hydrogen) atoms. The van der Waals surface area contributed by atoms with E-state index in [1.165, 1.54) is 11.1 Å². The van der Waals surface area contributed by atoms with Crippen LogP contribution in [0.4, 0.5) is 0 Å². The minimum atomic E-state index is -0.498. The van der Waals surface area contributed by atoms with E-state index >= 15 is 0 Å². The monoisotopic (exact) mass is 760 g/mol. The standard InChI is InChI=1S/C18H28BO4P3.C18H29O4P.2H2/c20-18-10-15-14(17(22-19(24)25)11-16(15)21-18)9-8-13(23-26)7-6-12-4-2-1-3-5-12;19-11-10-16-15(17(20)12-18(16)21)9-8-14(22-23)7-6-13-4-2-1-3-5-13;;/h1-5,13-17H,6-11,24-26H2;1-5,14-21H,6-12,23H2;2*1H/t13-,14+,15+,16-,17+;14-,15+,16+,17+,18-;;/m00../s1/i;;2*1+2. The first-order valence-electron chi connectivity index (χ1n) is 17.8. The Labute approximate surface area is 305 Å². The van der Waals surface area contributed by atoms with Crippen molar-refractivity contribution in [1.82, 2.24) is 0 Å². The van der Waals surface area contributed by atoms with E-state index in [0.717, 1.165) is 57.8 Å². The van der Waals surface area contributed by atoms with Gasteiger partial charge in [-0.1, -0.05) is 60.7 Å². The molecule has 4 unspecified atom stereocenters. The number of esters is 1. The Hall–Kier alpha value is -0.545. The fourth-order valence-electron chi connectivity index (χ4n) is 8.11. The quantitative estimate of drug-likeness (QED) is 0.0903. The van der Waals surface area contributed by atoms with Gasteiger partial charge in [-0.05, 0) is 93.1 Å². The smallest absolute Gasteiger partial charge is 0.336 e. The lowest BCUT2D eigenvalue weighted by Gasteiger charge is -2.26. The Morgan fingerprint density at radius 3 is 1.78 bits per heavy atom. The zero-order chi connectivity index (χ0) is 35.2. The molecule has 0 radical (unpaired) electrons. The van der Waals surface area contributed by atoms with Crippen molar-refractivity contribution in [3.05, 3.63) is 71.8 Å². The minimum absolute atomic E-state index is 0. The molecule has 2 aliphatic carbocycles. The molecular weight excluding hydrogens is 695 g/mol. The largest absolute Gasteiger partial charge is 0.462 e. The van der Waals surface area contributed by atoms with Crippen LogP contribution in [0.3, 0.4) is 0 Å². The van der Waals surface area contributed by atoms with Crippen LogP contribution in [0.1, 0.15) is 78.2 Å². The highest BCUT2D eigenvalue weighted by Gasteiger charge is 2.50. The predicted octanol–water partition coefficient (Wildman–Crippen LogP) is 6.45. The Bertz CT molecular complexity index is 1230. The van der Waals surface area contributed by atoms with Gasteiger partial charge in [-0.2, -0.15) is 0 Å². The van der Waals surface area contributed by atoms with Crippen LogP contribution >= 0.6 is 37.2 Å². The van der Waals surface area contributed by atoms with Gasteiger partial charge in [-0.25, -0.2) is 0 Å². The summed E-state index contributed by atoms with van der Waals surface area (Å²) in [5, 5.41) is 29.4. The molecule has 2 saturated carbocycles. The fourth-order valence-corrected chi connectivity index (χ4v) is 9.06. The van der Waals surface area contributed by atoms with Crippen LogP contribution in [0.5, 0.6) is 0 Å². The molecule has 5 rings (SSSR count). The van der Waals surface area contributed by atoms with Crippen LogP contribution in [0.15, 0.2) is 60.7 Å². The summed E-state index contributed by atoms with van der Waals surface area (Å²) in [4.78, 5) is 11.7. The molecule has 14 atom stereocenters. The first-order valence-corrected chi connectivity index (χ1v) is 20.1. The third-order valence-electron chi connectivity index (χ3n) is 10.7. The molecule has 2 aromatic carbocycles. The molecule has 0 aromatic heterocycles. The summed E-state index contributed by atoms with van der Waals surface area (Å²) in [7, 11) is 10.1. The van der Waals surface area contributed by atoms with Crippen molar-refractivity contribution in [2.75, 3.05) is 6.61 Å². The van der Waals surface area contributed by atoms with Crippen LogP contribution in [0.25, 0.3) is 0 Å². The summed E-state index contributed by atoms with van der Waals surface area (Å²) >= 11 is 0. The van der Waals surface area contributed by atoms with Crippen LogP contribution in [-0.4, -0.2) is 70.9 Å². The highest BCUT2D eigenvalue weighted by molar-refractivity contribution is 7.92. The lowest BCUT2D eigenvalue weighted by molar-refractivity contribution is -0.141. The first kappa shape index (κ1) is 41.2. The Balaban J connectivity index is 0.000000343. The van der Waals surface area contributed by atoms with E-state index < -0.39 is 12.2 Å². The maximum atomic E-state index is 11.7. The average molecular weight is 761 g/mol. The summed E-state index contributed by atoms with van der Waals surface area (Å²) in [6.45, 7) is 0.0580. The topological polar surface area (TPSA) is 115 Å². The van der Waals surface area contributed by atoms with Gasteiger partial charge in [0.1, 0.15) is 6.10 Å². The molecule has 8 nitrogen and oxygen atoms in total. The molecule has 3 N–H and O–H groups in total. The average Bonchev–Trinajstić information content (AvgIpc) is 3.70. The predicted molar refractivity (Wildman–Crippen MR) is 213 cm³/mol. The van der Waals surface area contributed by atoms with Crippen LogP contribution in [-0.2, 0) is 36.1 Å². The van der Waals surface area contributed by atoms with Crippen molar-refractivity contribution in [1.29, 1.82) is 0 Å². The van der Waals surface area contributed by atoms with E-state index in [4.69, 9.17) is 23.5 Å². The number of fused-ring (bicyclic) bond motifs is 1. The number of aryl methyl sites for hydroxylation is 2. The molecule has 0 spiro atoms. The van der Waals surface area contributed by atoms with E-state index in [1.807, 2.05) is 24.3 Å². The molecule has 1 aliphatic heterocycles. The number of hydrogen-bond donors (Lipinski definition) is 3. The lowest BCUT2D eigenvalue weighted by Crippen LogP contribution is -2.27. The summed E-state index contributed by atoms with van der Waals surface area (Å²) < 4.78 is 22.7. The molecule has 1 heterocycles. The molecule has 0 bridgehead atoms. The Morgan fingerprint density at radius 1 is 0.776 bits per heavy atom. The third-order valence-corrected chi connectivity index (χ3v) is 11.8. The van der Waals surface area contributed by atoms with Crippen molar-refractivity contribution in [2.24, 2.45) is 23.7 Å². The van der Waals surface area contributed by atoms with Gasteiger partial charge in [-0.15, -0.1) is 18.2 Å². The maximum absolute atomic E-state index is 11.7. The number of aliphatic hydroxyl groups excluding tert-OH is 3. The van der Waals surface area contributed by atoms with Gasteiger partial charge >= 0.3 is 12.3 Å². The van der Waals surface area contributed by atoms with E-state index in [1.54, 1.807) is 0 Å². The van der Waals surface area contributed by atoms with Crippen molar-refractivity contribution in [3.63, 3.8) is 0 Å². The second-order valence-corrected chi connectivity index (χ2v) is 16.5. The van der Waals surface area contributed by atoms with Crippen LogP contribution < -0.4 is 0 Å². The Kier molecular flexibility index (Phi) is 18.4. The van der Waals surface area contributed by atoms with Gasteiger partial charge < -0.3 is 33.8 Å². The van der Waals surface area contributed by atoms with E-state index in [2.05, 4.69) is 73.6 Å². The maximum Gasteiger partial charge on any atom is 0.336 e. The van der Waals surface area contributed by atoms with Crippen LogP contribution in [0.2, 0.25) is 0 Å². The highest BCUT2D eigenvalue weighted by Crippen LogP contribution is 2.46. The lowest BCUT2D eigenvalue weighted by atomic mass is 9.86. The van der Waals surface area contributed by atoms with Crippen molar-refractivity contribution in [3.8, 4) is 0 Å². The number of hydrogen-bond acceptors (Lipinski definition) is 8. The fraction of sp³-hybridized carbons (Fsp3) is 0.639. The third kappa shape index (κ3) is 13.1. The number of aliphatic hydroxyl groups is 3. The van der Waals surface area contributed by atoms with Crippen molar-refractivity contribution >= 4 is 49.5 Å². The molecule has 3 aliphatic rings. The number of carbonyl (C=O) groups is 1. The summed E-state index contributed by atoms with van der Waals surface area (Å²) in [6.07, 6.45) is 9.43. The van der Waals surface area contributed by atoms with Crippen LogP contribution in [0, 0.1) is 23.7 Å². The van der Waals surface area contributed by atoms with Crippen molar-refractivity contribution < 1.29 is 41.4 Å². The van der Waals surface area contributed by atoms with Gasteiger partial charge in [0, 0.05) is 46.8 Å². The highest BCUT2D eigenvalue weighted by atomic mass is 31.1. The van der Waals surface area contributed by atoms with E-state index in [0.29, 0.717) is 31.1 Å². The summed E-state index contributed by atoms with van der Waals surface area (Å²) in [5.41, 5.74) is 2.64. The molecular formula is C36H61BO8P4. The molecule has 13 heteroatoms. The Morgan fingerprint density at radius 2 is 1.29 bits per heavy atom.